The largest absolute Gasteiger partial charge is 0.450 e. The SMILES string of the molecule is CC(=O)Nc1ccc(NC(=O)c2cc(=O)c3ccc(C)c(C)c3o2)cc1. The normalized spacial score (nSPS) is 10.6. The molecule has 0 aliphatic heterocycles. The second kappa shape index (κ2) is 6.84. The molecule has 0 unspecified atom stereocenters. The molecule has 132 valence electrons. The van der Waals surface area contributed by atoms with Gasteiger partial charge in [0.05, 0.1) is 5.39 Å². The van der Waals surface area contributed by atoms with E-state index in [-0.39, 0.29) is 17.1 Å². The summed E-state index contributed by atoms with van der Waals surface area (Å²) in [7, 11) is 0. The van der Waals surface area contributed by atoms with Gasteiger partial charge in [-0.15, -0.1) is 0 Å². The lowest BCUT2D eigenvalue weighted by Crippen LogP contribution is -2.15. The fourth-order valence-electron chi connectivity index (χ4n) is 2.60. The number of anilines is 2. The molecule has 6 heteroatoms. The van der Waals surface area contributed by atoms with E-state index in [1.807, 2.05) is 19.9 Å². The molecule has 0 aliphatic rings. The Morgan fingerprint density at radius 3 is 2.15 bits per heavy atom. The Hall–Kier alpha value is -3.41. The molecule has 0 fully saturated rings. The third-order valence-electron chi connectivity index (χ3n) is 4.10. The van der Waals surface area contributed by atoms with Crippen LogP contribution >= 0.6 is 0 Å². The third kappa shape index (κ3) is 3.49. The maximum absolute atomic E-state index is 12.5. The summed E-state index contributed by atoms with van der Waals surface area (Å²) < 4.78 is 5.70. The lowest BCUT2D eigenvalue weighted by molar-refractivity contribution is -0.114. The molecule has 3 rings (SSSR count). The smallest absolute Gasteiger partial charge is 0.291 e. The summed E-state index contributed by atoms with van der Waals surface area (Å²) in [5.74, 6) is -0.746. The van der Waals surface area contributed by atoms with E-state index in [9.17, 15) is 14.4 Å². The summed E-state index contributed by atoms with van der Waals surface area (Å²) in [6, 6.07) is 11.4. The van der Waals surface area contributed by atoms with Crippen LogP contribution in [-0.4, -0.2) is 11.8 Å². The monoisotopic (exact) mass is 350 g/mol. The van der Waals surface area contributed by atoms with E-state index in [1.54, 1.807) is 30.3 Å². The third-order valence-corrected chi connectivity index (χ3v) is 4.10. The number of amides is 2. The predicted molar refractivity (Wildman–Crippen MR) is 101 cm³/mol. The van der Waals surface area contributed by atoms with Crippen LogP contribution in [-0.2, 0) is 4.79 Å². The summed E-state index contributed by atoms with van der Waals surface area (Å²) in [4.78, 5) is 35.8. The number of fused-ring (bicyclic) bond motifs is 1. The molecule has 2 N–H and O–H groups in total. The standard InChI is InChI=1S/C20H18N2O4/c1-11-4-9-16-17(24)10-18(26-19(16)12(11)2)20(25)22-15-7-5-14(6-8-15)21-13(3)23/h4-10H,1-3H3,(H,21,23)(H,22,25). The molecular weight excluding hydrogens is 332 g/mol. The summed E-state index contributed by atoms with van der Waals surface area (Å²) in [6.45, 7) is 5.18. The maximum Gasteiger partial charge on any atom is 0.291 e. The highest BCUT2D eigenvalue weighted by Gasteiger charge is 2.14. The minimum Gasteiger partial charge on any atom is -0.450 e. The van der Waals surface area contributed by atoms with E-state index in [4.69, 9.17) is 4.42 Å². The molecule has 0 bridgehead atoms. The molecule has 6 nitrogen and oxygen atoms in total. The Labute approximate surface area is 149 Å². The Morgan fingerprint density at radius 1 is 0.923 bits per heavy atom. The van der Waals surface area contributed by atoms with Crippen molar-refractivity contribution < 1.29 is 14.0 Å². The van der Waals surface area contributed by atoms with Gasteiger partial charge in [0, 0.05) is 24.4 Å². The average Bonchev–Trinajstić information content (AvgIpc) is 2.59. The minimum atomic E-state index is -0.516. The lowest BCUT2D eigenvalue weighted by Gasteiger charge is -2.09. The number of carbonyl (C=O) groups is 2. The first-order valence-corrected chi connectivity index (χ1v) is 8.08. The summed E-state index contributed by atoms with van der Waals surface area (Å²) in [5, 5.41) is 5.77. The topological polar surface area (TPSA) is 88.4 Å². The molecule has 0 spiro atoms. The van der Waals surface area contributed by atoms with Crippen LogP contribution in [0.1, 0.15) is 28.6 Å². The predicted octanol–water partition coefficient (Wildman–Crippen LogP) is 3.62. The van der Waals surface area contributed by atoms with Crippen molar-refractivity contribution in [2.24, 2.45) is 0 Å². The second-order valence-electron chi connectivity index (χ2n) is 6.07. The van der Waals surface area contributed by atoms with Gasteiger partial charge >= 0.3 is 0 Å². The molecule has 0 aliphatic carbocycles. The zero-order valence-electron chi connectivity index (χ0n) is 14.7. The van der Waals surface area contributed by atoms with Crippen LogP contribution in [0.25, 0.3) is 11.0 Å². The van der Waals surface area contributed by atoms with Gasteiger partial charge < -0.3 is 15.1 Å². The molecule has 0 saturated carbocycles. The van der Waals surface area contributed by atoms with Crippen LogP contribution < -0.4 is 16.1 Å². The number of carbonyl (C=O) groups excluding carboxylic acids is 2. The summed E-state index contributed by atoms with van der Waals surface area (Å²) in [6.07, 6.45) is 0. The fourth-order valence-corrected chi connectivity index (χ4v) is 2.60. The van der Waals surface area contributed by atoms with Gasteiger partial charge in [-0.1, -0.05) is 6.07 Å². The van der Waals surface area contributed by atoms with Crippen molar-refractivity contribution in [1.82, 2.24) is 0 Å². The molecule has 26 heavy (non-hydrogen) atoms. The molecule has 1 heterocycles. The molecule has 2 amide bonds. The Balaban J connectivity index is 1.89. The Morgan fingerprint density at radius 2 is 1.54 bits per heavy atom. The highest BCUT2D eigenvalue weighted by Crippen LogP contribution is 2.21. The van der Waals surface area contributed by atoms with E-state index in [0.717, 1.165) is 11.1 Å². The van der Waals surface area contributed by atoms with Crippen molar-refractivity contribution >= 4 is 34.2 Å². The fraction of sp³-hybridized carbons (Fsp3) is 0.150. The van der Waals surface area contributed by atoms with Crippen LogP contribution in [0.4, 0.5) is 11.4 Å². The van der Waals surface area contributed by atoms with Crippen molar-refractivity contribution in [1.29, 1.82) is 0 Å². The highest BCUT2D eigenvalue weighted by atomic mass is 16.3. The number of benzene rings is 2. The molecule has 1 aromatic heterocycles. The van der Waals surface area contributed by atoms with Gasteiger partial charge in [0.2, 0.25) is 5.91 Å². The summed E-state index contributed by atoms with van der Waals surface area (Å²) >= 11 is 0. The summed E-state index contributed by atoms with van der Waals surface area (Å²) in [5.41, 5.74) is 3.11. The van der Waals surface area contributed by atoms with E-state index < -0.39 is 5.91 Å². The maximum atomic E-state index is 12.5. The molecular formula is C20H18N2O4. The van der Waals surface area contributed by atoms with Crippen LogP contribution in [0.15, 0.2) is 51.7 Å². The number of rotatable bonds is 3. The van der Waals surface area contributed by atoms with E-state index in [0.29, 0.717) is 22.3 Å². The van der Waals surface area contributed by atoms with Gasteiger partial charge in [-0.05, 0) is 55.3 Å². The van der Waals surface area contributed by atoms with Crippen LogP contribution in [0.2, 0.25) is 0 Å². The first-order valence-electron chi connectivity index (χ1n) is 8.08. The van der Waals surface area contributed by atoms with Crippen molar-refractivity contribution in [2.75, 3.05) is 10.6 Å². The van der Waals surface area contributed by atoms with E-state index >= 15 is 0 Å². The van der Waals surface area contributed by atoms with Crippen LogP contribution in [0.3, 0.4) is 0 Å². The lowest BCUT2D eigenvalue weighted by atomic mass is 10.1. The zero-order valence-corrected chi connectivity index (χ0v) is 14.7. The van der Waals surface area contributed by atoms with Crippen molar-refractivity contribution in [3.05, 3.63) is 69.6 Å². The molecule has 2 aromatic carbocycles. The molecule has 0 saturated heterocycles. The van der Waals surface area contributed by atoms with Gasteiger partial charge in [0.15, 0.2) is 11.2 Å². The van der Waals surface area contributed by atoms with Crippen molar-refractivity contribution in [2.45, 2.75) is 20.8 Å². The van der Waals surface area contributed by atoms with Gasteiger partial charge in [-0.25, -0.2) is 0 Å². The number of hydrogen-bond donors (Lipinski definition) is 2. The number of nitrogens with one attached hydrogen (secondary N) is 2. The first-order chi connectivity index (χ1) is 12.3. The van der Waals surface area contributed by atoms with Crippen LogP contribution in [0, 0.1) is 13.8 Å². The van der Waals surface area contributed by atoms with E-state index in [1.165, 1.54) is 13.0 Å². The number of hydrogen-bond acceptors (Lipinski definition) is 4. The zero-order chi connectivity index (χ0) is 18.8. The van der Waals surface area contributed by atoms with Crippen molar-refractivity contribution in [3.8, 4) is 0 Å². The first kappa shape index (κ1) is 17.4. The van der Waals surface area contributed by atoms with Gasteiger partial charge in [0.25, 0.3) is 5.91 Å². The van der Waals surface area contributed by atoms with Gasteiger partial charge in [-0.2, -0.15) is 0 Å². The number of aryl methyl sites for hydroxylation is 2. The van der Waals surface area contributed by atoms with Gasteiger partial charge in [0.1, 0.15) is 5.58 Å². The molecule has 3 aromatic rings. The molecule has 0 radical (unpaired) electrons. The average molecular weight is 350 g/mol. The van der Waals surface area contributed by atoms with E-state index in [2.05, 4.69) is 10.6 Å². The quantitative estimate of drug-likeness (QED) is 0.755. The Kier molecular flexibility index (Phi) is 4.58. The van der Waals surface area contributed by atoms with Gasteiger partial charge in [-0.3, -0.25) is 14.4 Å². The minimum absolute atomic E-state index is 0.0536. The van der Waals surface area contributed by atoms with Crippen molar-refractivity contribution in [3.63, 3.8) is 0 Å². The molecule has 0 atom stereocenters. The van der Waals surface area contributed by atoms with Crippen LogP contribution in [0.5, 0.6) is 0 Å². The Bertz CT molecular complexity index is 1070. The highest BCUT2D eigenvalue weighted by molar-refractivity contribution is 6.03. The second-order valence-corrected chi connectivity index (χ2v) is 6.07.